The number of ether oxygens (including phenoxy) is 3. The van der Waals surface area contributed by atoms with Crippen LogP contribution in [0.3, 0.4) is 0 Å². The van der Waals surface area contributed by atoms with E-state index in [2.05, 4.69) is 21.7 Å². The molecule has 0 bridgehead atoms. The van der Waals surface area contributed by atoms with E-state index in [1.165, 1.54) is 14.2 Å². The van der Waals surface area contributed by atoms with E-state index in [4.69, 9.17) is 14.2 Å². The van der Waals surface area contributed by atoms with E-state index in [-0.39, 0.29) is 5.96 Å². The predicted molar refractivity (Wildman–Crippen MR) is 116 cm³/mol. The number of aliphatic hydroxyl groups excluding tert-OH is 1. The van der Waals surface area contributed by atoms with Crippen LogP contribution in [0.5, 0.6) is 5.75 Å². The quantitative estimate of drug-likeness (QED) is 0.271. The van der Waals surface area contributed by atoms with E-state index < -0.39 is 24.0 Å². The topological polar surface area (TPSA) is 132 Å². The molecular formula is C23H25N5O4. The largest absolute Gasteiger partial charge is 0.479 e. The molecule has 3 atom stereocenters. The Morgan fingerprint density at radius 1 is 1.22 bits per heavy atom. The SMILES string of the molecule is COC(OC)[C@@]1(C)Oc2ccc(C#N)cc2[C@@H](NC(=NC#N)NCc2ccccc2)[C@@H]1O. The fourth-order valence-electron chi connectivity index (χ4n) is 3.76. The number of aliphatic imine (C=N–C) groups is 1. The van der Waals surface area contributed by atoms with Gasteiger partial charge in [0, 0.05) is 26.3 Å². The standard InChI is InChI=1S/C23H25N5O4/c1-23(21(30-2)31-3)20(29)19(17-11-16(12-24)9-10-18(17)32-23)28-22(27-14-25)26-13-15-7-5-4-6-8-15/h4-11,19-21,29H,13H2,1-3H3,(H2,26,27,28)/t19-,20+,23+/m1/s1. The van der Waals surface area contributed by atoms with Gasteiger partial charge < -0.3 is 30.0 Å². The third kappa shape index (κ3) is 4.66. The molecule has 0 aromatic heterocycles. The first kappa shape index (κ1) is 23.0. The average Bonchev–Trinajstić information content (AvgIpc) is 2.81. The molecular weight excluding hydrogens is 410 g/mol. The van der Waals surface area contributed by atoms with E-state index in [1.54, 1.807) is 31.3 Å². The summed E-state index contributed by atoms with van der Waals surface area (Å²) in [6.45, 7) is 2.08. The van der Waals surface area contributed by atoms with Crippen LogP contribution >= 0.6 is 0 Å². The summed E-state index contributed by atoms with van der Waals surface area (Å²) in [5.74, 6) is 0.622. The summed E-state index contributed by atoms with van der Waals surface area (Å²) < 4.78 is 16.9. The van der Waals surface area contributed by atoms with E-state index in [0.717, 1.165) is 5.56 Å². The number of hydrogen-bond donors (Lipinski definition) is 3. The van der Waals surface area contributed by atoms with Crippen LogP contribution in [0.1, 0.15) is 29.7 Å². The predicted octanol–water partition coefficient (Wildman–Crippen LogP) is 1.95. The fraction of sp³-hybridized carbons (Fsp3) is 0.348. The van der Waals surface area contributed by atoms with E-state index >= 15 is 0 Å². The Bertz CT molecular complexity index is 1040. The van der Waals surface area contributed by atoms with Gasteiger partial charge in [-0.05, 0) is 30.7 Å². The zero-order chi connectivity index (χ0) is 23.1. The Morgan fingerprint density at radius 2 is 1.94 bits per heavy atom. The average molecular weight is 435 g/mol. The third-order valence-corrected chi connectivity index (χ3v) is 5.36. The van der Waals surface area contributed by atoms with Crippen LogP contribution in [0.25, 0.3) is 0 Å². The van der Waals surface area contributed by atoms with Gasteiger partial charge in [-0.2, -0.15) is 10.5 Å². The Balaban J connectivity index is 1.96. The zero-order valence-corrected chi connectivity index (χ0v) is 18.1. The highest BCUT2D eigenvalue weighted by Crippen LogP contribution is 2.42. The highest BCUT2D eigenvalue weighted by Gasteiger charge is 2.52. The molecule has 0 fully saturated rings. The number of aliphatic hydroxyl groups is 1. The number of nitriles is 2. The number of guanidine groups is 1. The summed E-state index contributed by atoms with van der Waals surface area (Å²) >= 11 is 0. The maximum absolute atomic E-state index is 11.3. The lowest BCUT2D eigenvalue weighted by Crippen LogP contribution is -2.62. The molecule has 9 nitrogen and oxygen atoms in total. The summed E-state index contributed by atoms with van der Waals surface area (Å²) in [5, 5.41) is 36.1. The summed E-state index contributed by atoms with van der Waals surface area (Å²) in [4.78, 5) is 3.84. The minimum Gasteiger partial charge on any atom is -0.479 e. The summed E-state index contributed by atoms with van der Waals surface area (Å²) in [5.41, 5.74) is 0.649. The van der Waals surface area contributed by atoms with E-state index in [1.807, 2.05) is 30.3 Å². The maximum atomic E-state index is 11.3. The Kier molecular flexibility index (Phi) is 7.29. The van der Waals surface area contributed by atoms with Gasteiger partial charge in [0.25, 0.3) is 0 Å². The third-order valence-electron chi connectivity index (χ3n) is 5.36. The molecule has 3 rings (SSSR count). The van der Waals surface area contributed by atoms with E-state index in [0.29, 0.717) is 23.4 Å². The number of fused-ring (bicyclic) bond motifs is 1. The van der Waals surface area contributed by atoms with Crippen molar-refractivity contribution in [1.29, 1.82) is 10.5 Å². The molecule has 0 spiro atoms. The van der Waals surface area contributed by atoms with Crippen LogP contribution in [0, 0.1) is 22.8 Å². The molecule has 0 unspecified atom stereocenters. The number of rotatable bonds is 6. The van der Waals surface area contributed by atoms with Gasteiger partial charge in [-0.15, -0.1) is 4.99 Å². The number of nitrogens with one attached hydrogen (secondary N) is 2. The highest BCUT2D eigenvalue weighted by atomic mass is 16.7. The van der Waals surface area contributed by atoms with Crippen molar-refractivity contribution in [2.75, 3.05) is 14.2 Å². The molecule has 3 N–H and O–H groups in total. The van der Waals surface area contributed by atoms with Crippen LogP contribution in [-0.2, 0) is 16.0 Å². The zero-order valence-electron chi connectivity index (χ0n) is 18.1. The number of methoxy groups -OCH3 is 2. The van der Waals surface area contributed by atoms with Crippen molar-refractivity contribution >= 4 is 5.96 Å². The van der Waals surface area contributed by atoms with Crippen LogP contribution in [0.4, 0.5) is 0 Å². The van der Waals surface area contributed by atoms with Crippen molar-refractivity contribution in [3.63, 3.8) is 0 Å². The molecule has 166 valence electrons. The molecule has 1 heterocycles. The second kappa shape index (κ2) is 10.1. The van der Waals surface area contributed by atoms with Crippen molar-refractivity contribution in [3.8, 4) is 18.0 Å². The molecule has 0 saturated heterocycles. The second-order valence-corrected chi connectivity index (χ2v) is 7.42. The normalized spacial score (nSPS) is 22.3. The van der Waals surface area contributed by atoms with E-state index in [9.17, 15) is 15.6 Å². The molecule has 2 aromatic carbocycles. The van der Waals surface area contributed by atoms with Gasteiger partial charge in [-0.1, -0.05) is 30.3 Å². The minimum atomic E-state index is -1.29. The van der Waals surface area contributed by atoms with Crippen LogP contribution < -0.4 is 15.4 Å². The van der Waals surface area contributed by atoms with Gasteiger partial charge in [0.1, 0.15) is 11.9 Å². The Morgan fingerprint density at radius 3 is 2.56 bits per heavy atom. The summed E-state index contributed by atoms with van der Waals surface area (Å²) in [6.07, 6.45) is -0.304. The number of nitrogens with zero attached hydrogens (tertiary/aromatic N) is 3. The minimum absolute atomic E-state index is 0.171. The molecule has 1 aliphatic heterocycles. The first-order chi connectivity index (χ1) is 15.5. The Labute approximate surface area is 186 Å². The van der Waals surface area contributed by atoms with Crippen molar-refractivity contribution in [2.45, 2.75) is 37.5 Å². The lowest BCUT2D eigenvalue weighted by Gasteiger charge is -2.46. The summed E-state index contributed by atoms with van der Waals surface area (Å²) in [7, 11) is 2.91. The molecule has 32 heavy (non-hydrogen) atoms. The van der Waals surface area contributed by atoms with Crippen LogP contribution in [0.15, 0.2) is 53.5 Å². The number of benzene rings is 2. The number of hydrogen-bond acceptors (Lipinski definition) is 7. The monoisotopic (exact) mass is 435 g/mol. The molecule has 1 aliphatic rings. The van der Waals surface area contributed by atoms with Crippen molar-refractivity contribution in [3.05, 3.63) is 65.2 Å². The molecule has 0 amide bonds. The molecule has 9 heteroatoms. The smallest absolute Gasteiger partial charge is 0.209 e. The van der Waals surface area contributed by atoms with Gasteiger partial charge in [0.15, 0.2) is 11.9 Å². The molecule has 0 saturated carbocycles. The summed E-state index contributed by atoms with van der Waals surface area (Å²) in [6, 6.07) is 15.8. The van der Waals surface area contributed by atoms with Crippen molar-refractivity contribution < 1.29 is 19.3 Å². The van der Waals surface area contributed by atoms with Crippen LogP contribution in [0.2, 0.25) is 0 Å². The van der Waals surface area contributed by atoms with Gasteiger partial charge in [-0.3, -0.25) is 0 Å². The second-order valence-electron chi connectivity index (χ2n) is 7.42. The first-order valence-electron chi connectivity index (χ1n) is 9.94. The van der Waals surface area contributed by atoms with Gasteiger partial charge in [0.2, 0.25) is 12.2 Å². The molecule has 2 aromatic rings. The first-order valence-corrected chi connectivity index (χ1v) is 9.94. The van der Waals surface area contributed by atoms with Gasteiger partial charge >= 0.3 is 0 Å². The molecule has 0 radical (unpaired) electrons. The van der Waals surface area contributed by atoms with Crippen molar-refractivity contribution in [2.24, 2.45) is 4.99 Å². The van der Waals surface area contributed by atoms with Crippen LogP contribution in [-0.4, -0.2) is 43.3 Å². The molecule has 0 aliphatic carbocycles. The lowest BCUT2D eigenvalue weighted by atomic mass is 9.84. The highest BCUT2D eigenvalue weighted by molar-refractivity contribution is 5.81. The lowest BCUT2D eigenvalue weighted by molar-refractivity contribution is -0.238. The van der Waals surface area contributed by atoms with Gasteiger partial charge in [0.05, 0.1) is 17.7 Å². The maximum Gasteiger partial charge on any atom is 0.209 e. The van der Waals surface area contributed by atoms with Crippen molar-refractivity contribution in [1.82, 2.24) is 10.6 Å². The fourth-order valence-corrected chi connectivity index (χ4v) is 3.76. The van der Waals surface area contributed by atoms with Gasteiger partial charge in [-0.25, -0.2) is 0 Å². The Hall–Kier alpha value is -3.63.